The molecule has 2 unspecified atom stereocenters. The average Bonchev–Trinajstić information content (AvgIpc) is 2.46. The normalized spacial score (nSPS) is 27.0. The highest BCUT2D eigenvalue weighted by atomic mass is 32.2. The summed E-state index contributed by atoms with van der Waals surface area (Å²) < 4.78 is 27.7. The lowest BCUT2D eigenvalue weighted by Gasteiger charge is -2.37. The number of hydrogen-bond donors (Lipinski definition) is 1. The van der Waals surface area contributed by atoms with Crippen LogP contribution in [0.4, 0.5) is 5.69 Å². The van der Waals surface area contributed by atoms with Crippen LogP contribution in [0.5, 0.6) is 0 Å². The fourth-order valence-electron chi connectivity index (χ4n) is 3.60. The van der Waals surface area contributed by atoms with Crippen molar-refractivity contribution in [3.05, 3.63) is 23.8 Å². The Balaban J connectivity index is 1.97. The molecule has 2 aliphatic heterocycles. The molecule has 0 aromatic heterocycles. The first kappa shape index (κ1) is 14.9. The molecule has 0 bridgehead atoms. The quantitative estimate of drug-likeness (QED) is 0.913. The summed E-state index contributed by atoms with van der Waals surface area (Å²) in [5.41, 5.74) is 2.21. The van der Waals surface area contributed by atoms with Gasteiger partial charge in [0.05, 0.1) is 4.90 Å². The van der Waals surface area contributed by atoms with E-state index in [-0.39, 0.29) is 12.1 Å². The molecule has 21 heavy (non-hydrogen) atoms. The number of fused-ring (bicyclic) bond motifs is 1. The Morgan fingerprint density at radius 2 is 1.86 bits per heavy atom. The van der Waals surface area contributed by atoms with E-state index in [0.717, 1.165) is 49.9 Å². The van der Waals surface area contributed by atoms with Crippen LogP contribution in [-0.2, 0) is 16.4 Å². The van der Waals surface area contributed by atoms with Crippen LogP contribution in [-0.4, -0.2) is 31.4 Å². The highest BCUT2D eigenvalue weighted by molar-refractivity contribution is 7.89. The van der Waals surface area contributed by atoms with E-state index in [9.17, 15) is 8.42 Å². The molecule has 116 valence electrons. The number of nitrogens with one attached hydrogen (secondary N) is 1. The molecular weight excluding hydrogens is 284 g/mol. The van der Waals surface area contributed by atoms with E-state index in [2.05, 4.69) is 5.32 Å². The third-order valence-electron chi connectivity index (χ3n) is 4.70. The number of piperidine rings is 1. The molecule has 0 saturated carbocycles. The van der Waals surface area contributed by atoms with E-state index in [1.54, 1.807) is 10.4 Å². The van der Waals surface area contributed by atoms with Gasteiger partial charge < -0.3 is 5.32 Å². The number of rotatable bonds is 2. The van der Waals surface area contributed by atoms with Gasteiger partial charge in [0.25, 0.3) is 0 Å². The first-order valence-electron chi connectivity index (χ1n) is 7.90. The first-order chi connectivity index (χ1) is 10.00. The summed E-state index contributed by atoms with van der Waals surface area (Å²) in [7, 11) is -3.39. The lowest BCUT2D eigenvalue weighted by Crippen LogP contribution is -2.47. The lowest BCUT2D eigenvalue weighted by molar-refractivity contribution is 0.204. The van der Waals surface area contributed by atoms with Crippen molar-refractivity contribution in [1.82, 2.24) is 4.31 Å². The molecule has 5 heteroatoms. The Labute approximate surface area is 127 Å². The SMILES string of the molecule is CC1CCCC(C)N1S(=O)(=O)c1ccc2c(c1)CCCN2. The number of aryl methyl sites for hydroxylation is 1. The van der Waals surface area contributed by atoms with Gasteiger partial charge in [0.2, 0.25) is 10.0 Å². The Morgan fingerprint density at radius 3 is 2.57 bits per heavy atom. The molecule has 0 radical (unpaired) electrons. The summed E-state index contributed by atoms with van der Waals surface area (Å²) >= 11 is 0. The fourth-order valence-corrected chi connectivity index (χ4v) is 5.54. The molecule has 1 fully saturated rings. The summed E-state index contributed by atoms with van der Waals surface area (Å²) in [6.45, 7) is 5.01. The minimum atomic E-state index is -3.39. The zero-order chi connectivity index (χ0) is 15.0. The highest BCUT2D eigenvalue weighted by Crippen LogP contribution is 2.32. The van der Waals surface area contributed by atoms with E-state index in [1.165, 1.54) is 0 Å². The van der Waals surface area contributed by atoms with Gasteiger partial charge in [-0.15, -0.1) is 0 Å². The van der Waals surface area contributed by atoms with E-state index >= 15 is 0 Å². The Morgan fingerprint density at radius 1 is 1.14 bits per heavy atom. The minimum Gasteiger partial charge on any atom is -0.385 e. The van der Waals surface area contributed by atoms with Crippen LogP contribution in [0.2, 0.25) is 0 Å². The largest absolute Gasteiger partial charge is 0.385 e. The molecule has 1 aromatic carbocycles. The summed E-state index contributed by atoms with van der Waals surface area (Å²) in [5.74, 6) is 0. The Bertz CT molecular complexity index is 617. The molecule has 1 aromatic rings. The van der Waals surface area contributed by atoms with E-state index < -0.39 is 10.0 Å². The summed E-state index contributed by atoms with van der Waals surface area (Å²) in [6, 6.07) is 5.72. The van der Waals surface area contributed by atoms with Gasteiger partial charge in [-0.05, 0) is 63.3 Å². The van der Waals surface area contributed by atoms with Crippen molar-refractivity contribution < 1.29 is 8.42 Å². The summed E-state index contributed by atoms with van der Waals surface area (Å²) in [4.78, 5) is 0.450. The standard InChI is InChI=1S/C16H24N2O2S/c1-12-5-3-6-13(2)18(12)21(19,20)15-8-9-16-14(11-15)7-4-10-17-16/h8-9,11-13,17H,3-7,10H2,1-2H3. The van der Waals surface area contributed by atoms with Crippen LogP contribution in [0, 0.1) is 0 Å². The smallest absolute Gasteiger partial charge is 0.243 e. The zero-order valence-corrected chi connectivity index (χ0v) is 13.6. The maximum absolute atomic E-state index is 13.0. The average molecular weight is 308 g/mol. The molecule has 4 nitrogen and oxygen atoms in total. The molecule has 0 spiro atoms. The Kier molecular flexibility index (Phi) is 3.97. The van der Waals surface area contributed by atoms with Crippen LogP contribution < -0.4 is 5.32 Å². The summed E-state index contributed by atoms with van der Waals surface area (Å²) in [5, 5.41) is 3.33. The van der Waals surface area contributed by atoms with Crippen LogP contribution in [0.1, 0.15) is 45.1 Å². The fraction of sp³-hybridized carbons (Fsp3) is 0.625. The topological polar surface area (TPSA) is 49.4 Å². The van der Waals surface area contributed by atoms with Crippen LogP contribution in [0.25, 0.3) is 0 Å². The van der Waals surface area contributed by atoms with Crippen molar-refractivity contribution in [3.8, 4) is 0 Å². The number of anilines is 1. The molecule has 1 saturated heterocycles. The van der Waals surface area contributed by atoms with Gasteiger partial charge in [-0.2, -0.15) is 4.31 Å². The van der Waals surface area contributed by atoms with Gasteiger partial charge in [-0.3, -0.25) is 0 Å². The van der Waals surface area contributed by atoms with Crippen LogP contribution in [0.3, 0.4) is 0 Å². The predicted molar refractivity (Wildman–Crippen MR) is 85.1 cm³/mol. The molecule has 2 aliphatic rings. The van der Waals surface area contributed by atoms with Crippen molar-refractivity contribution in [1.29, 1.82) is 0 Å². The molecular formula is C16H24N2O2S. The second-order valence-corrected chi connectivity index (χ2v) is 8.16. The predicted octanol–water partition coefficient (Wildman–Crippen LogP) is 3.00. The van der Waals surface area contributed by atoms with Gasteiger partial charge in [-0.25, -0.2) is 8.42 Å². The first-order valence-corrected chi connectivity index (χ1v) is 9.34. The van der Waals surface area contributed by atoms with Crippen molar-refractivity contribution in [2.45, 2.75) is 62.9 Å². The number of nitrogens with zero attached hydrogens (tertiary/aromatic N) is 1. The van der Waals surface area contributed by atoms with Crippen molar-refractivity contribution in [2.75, 3.05) is 11.9 Å². The van der Waals surface area contributed by atoms with Gasteiger partial charge >= 0.3 is 0 Å². The minimum absolute atomic E-state index is 0.0907. The zero-order valence-electron chi connectivity index (χ0n) is 12.8. The second kappa shape index (κ2) is 5.61. The molecule has 3 rings (SSSR count). The second-order valence-electron chi connectivity index (χ2n) is 6.31. The van der Waals surface area contributed by atoms with Crippen LogP contribution >= 0.6 is 0 Å². The van der Waals surface area contributed by atoms with E-state index in [1.807, 2.05) is 26.0 Å². The van der Waals surface area contributed by atoms with Crippen molar-refractivity contribution in [3.63, 3.8) is 0 Å². The Hall–Kier alpha value is -1.07. The third-order valence-corrected chi connectivity index (χ3v) is 6.83. The lowest BCUT2D eigenvalue weighted by atomic mass is 10.0. The van der Waals surface area contributed by atoms with Crippen molar-refractivity contribution >= 4 is 15.7 Å². The summed E-state index contributed by atoms with van der Waals surface area (Å²) in [6.07, 6.45) is 5.04. The van der Waals surface area contributed by atoms with Gasteiger partial charge in [0, 0.05) is 24.3 Å². The number of sulfonamides is 1. The molecule has 1 N–H and O–H groups in total. The van der Waals surface area contributed by atoms with E-state index in [0.29, 0.717) is 4.90 Å². The number of benzene rings is 1. The molecule has 0 aliphatic carbocycles. The third kappa shape index (κ3) is 2.69. The molecule has 0 amide bonds. The monoisotopic (exact) mass is 308 g/mol. The van der Waals surface area contributed by atoms with Crippen LogP contribution in [0.15, 0.2) is 23.1 Å². The van der Waals surface area contributed by atoms with E-state index in [4.69, 9.17) is 0 Å². The van der Waals surface area contributed by atoms with Gasteiger partial charge in [0.1, 0.15) is 0 Å². The maximum atomic E-state index is 13.0. The molecule has 2 heterocycles. The molecule has 2 atom stereocenters. The van der Waals surface area contributed by atoms with Crippen molar-refractivity contribution in [2.24, 2.45) is 0 Å². The van der Waals surface area contributed by atoms with Gasteiger partial charge in [-0.1, -0.05) is 6.42 Å². The van der Waals surface area contributed by atoms with Gasteiger partial charge in [0.15, 0.2) is 0 Å². The highest BCUT2D eigenvalue weighted by Gasteiger charge is 2.35. The number of hydrogen-bond acceptors (Lipinski definition) is 3. The maximum Gasteiger partial charge on any atom is 0.243 e.